The molecule has 0 aliphatic heterocycles. The zero-order valence-corrected chi connectivity index (χ0v) is 16.6. The van der Waals surface area contributed by atoms with E-state index in [4.69, 9.17) is 23.2 Å². The fourth-order valence-electron chi connectivity index (χ4n) is 2.54. The van der Waals surface area contributed by atoms with Crippen LogP contribution in [0.3, 0.4) is 0 Å². The molecule has 6 nitrogen and oxygen atoms in total. The lowest BCUT2D eigenvalue weighted by Gasteiger charge is -2.02. The van der Waals surface area contributed by atoms with E-state index in [2.05, 4.69) is 25.2 Å². The van der Waals surface area contributed by atoms with Crippen LogP contribution in [-0.2, 0) is 0 Å². The van der Waals surface area contributed by atoms with Crippen molar-refractivity contribution < 1.29 is 18.3 Å². The lowest BCUT2D eigenvalue weighted by molar-refractivity contribution is -0.0497. The number of ether oxygens (including phenoxy) is 1. The molecule has 0 atom stereocenters. The lowest BCUT2D eigenvalue weighted by atomic mass is 10.1. The van der Waals surface area contributed by atoms with Crippen molar-refractivity contribution in [1.29, 1.82) is 0 Å². The summed E-state index contributed by atoms with van der Waals surface area (Å²) in [5.74, 6) is -0.430. The Kier molecular flexibility index (Phi) is 5.35. The predicted octanol–water partition coefficient (Wildman–Crippen LogP) is 5.85. The molecular weight excluding hydrogens is 445 g/mol. The number of hydrogen-bond donors (Lipinski definition) is 2. The molecule has 2 heterocycles. The molecule has 2 aromatic carbocycles. The highest BCUT2D eigenvalue weighted by Gasteiger charge is 2.15. The number of carbonyl (C=O) groups is 1. The zero-order chi connectivity index (χ0) is 20.5. The van der Waals surface area contributed by atoms with Crippen molar-refractivity contribution in [3.63, 3.8) is 0 Å². The van der Waals surface area contributed by atoms with Gasteiger partial charge >= 0.3 is 6.61 Å². The monoisotopic (exact) mass is 454 g/mol. The summed E-state index contributed by atoms with van der Waals surface area (Å²) in [6, 6.07) is 11.0. The Bertz CT molecular complexity index is 1210. The van der Waals surface area contributed by atoms with Crippen LogP contribution in [0.1, 0.15) is 10.5 Å². The van der Waals surface area contributed by atoms with Crippen LogP contribution in [0.4, 0.5) is 13.9 Å². The van der Waals surface area contributed by atoms with Crippen molar-refractivity contribution in [2.45, 2.75) is 6.61 Å². The van der Waals surface area contributed by atoms with Gasteiger partial charge in [-0.25, -0.2) is 4.98 Å². The topological polar surface area (TPSA) is 79.9 Å². The van der Waals surface area contributed by atoms with Gasteiger partial charge in [-0.1, -0.05) is 40.6 Å². The van der Waals surface area contributed by atoms with Gasteiger partial charge in [-0.3, -0.25) is 15.2 Å². The molecule has 0 unspecified atom stereocenters. The first-order valence-electron chi connectivity index (χ1n) is 8.06. The Morgan fingerprint density at radius 1 is 1.14 bits per heavy atom. The molecule has 11 heteroatoms. The van der Waals surface area contributed by atoms with Gasteiger partial charge in [0.15, 0.2) is 5.13 Å². The van der Waals surface area contributed by atoms with E-state index < -0.39 is 12.5 Å². The van der Waals surface area contributed by atoms with E-state index in [0.717, 1.165) is 11.3 Å². The van der Waals surface area contributed by atoms with Crippen LogP contribution in [0.15, 0.2) is 42.5 Å². The highest BCUT2D eigenvalue weighted by atomic mass is 35.5. The Balaban J connectivity index is 1.52. The van der Waals surface area contributed by atoms with Crippen LogP contribution < -0.4 is 10.1 Å². The number of halogens is 4. The molecule has 2 N–H and O–H groups in total. The van der Waals surface area contributed by atoms with Crippen molar-refractivity contribution in [2.24, 2.45) is 0 Å². The van der Waals surface area contributed by atoms with Crippen LogP contribution in [0, 0.1) is 0 Å². The molecule has 0 radical (unpaired) electrons. The first kappa shape index (κ1) is 19.6. The Labute approximate surface area is 176 Å². The Morgan fingerprint density at radius 2 is 1.97 bits per heavy atom. The fraction of sp³-hybridized carbons (Fsp3) is 0.0556. The summed E-state index contributed by atoms with van der Waals surface area (Å²) in [6.45, 7) is -2.91. The number of nitrogens with zero attached hydrogens (tertiary/aromatic N) is 2. The van der Waals surface area contributed by atoms with Crippen molar-refractivity contribution in [1.82, 2.24) is 15.2 Å². The predicted molar refractivity (Wildman–Crippen MR) is 108 cm³/mol. The number of aromatic amines is 1. The molecule has 4 rings (SSSR count). The number of amides is 1. The summed E-state index contributed by atoms with van der Waals surface area (Å²) >= 11 is 13.1. The van der Waals surface area contributed by atoms with Crippen LogP contribution in [0.25, 0.3) is 21.5 Å². The quantitative estimate of drug-likeness (QED) is 0.396. The minimum atomic E-state index is -2.91. The van der Waals surface area contributed by atoms with Gasteiger partial charge < -0.3 is 4.74 Å². The molecule has 2 aromatic heterocycles. The number of aromatic nitrogens is 3. The lowest BCUT2D eigenvalue weighted by Crippen LogP contribution is -2.11. The molecule has 0 bridgehead atoms. The fourth-order valence-corrected chi connectivity index (χ4v) is 3.73. The minimum absolute atomic E-state index is 0.0221. The molecule has 1 amide bonds. The first-order chi connectivity index (χ1) is 13.9. The number of rotatable bonds is 5. The normalized spacial score (nSPS) is 11.2. The van der Waals surface area contributed by atoms with Gasteiger partial charge in [0.2, 0.25) is 0 Å². The average molecular weight is 455 g/mol. The second-order valence-electron chi connectivity index (χ2n) is 5.78. The maximum Gasteiger partial charge on any atom is 0.387 e. The smallest absolute Gasteiger partial charge is 0.387 e. The van der Waals surface area contributed by atoms with Gasteiger partial charge in [0, 0.05) is 5.56 Å². The molecule has 4 aromatic rings. The number of anilines is 1. The van der Waals surface area contributed by atoms with Crippen molar-refractivity contribution >= 4 is 55.8 Å². The second-order valence-corrected chi connectivity index (χ2v) is 7.62. The minimum Gasteiger partial charge on any atom is -0.435 e. The molecular formula is C18H10Cl2F2N4O2S. The molecule has 148 valence electrons. The highest BCUT2D eigenvalue weighted by Crippen LogP contribution is 2.31. The summed E-state index contributed by atoms with van der Waals surface area (Å²) in [5, 5.41) is 10.5. The first-order valence-corrected chi connectivity index (χ1v) is 9.64. The van der Waals surface area contributed by atoms with Gasteiger partial charge in [0.25, 0.3) is 5.91 Å². The maximum atomic E-state index is 12.5. The standard InChI is InChI=1S/C18H10Cl2F2N4O2S/c19-10-3-1-8(5-11(10)20)13-7-14(26-25-13)16(27)24-18-23-12-4-2-9(28-17(21)22)6-15(12)29-18/h1-7,17H,(H,25,26)(H,23,24,27). The van der Waals surface area contributed by atoms with Crippen molar-refractivity contribution in [3.05, 3.63) is 58.2 Å². The number of alkyl halides is 2. The van der Waals surface area contributed by atoms with Crippen LogP contribution >= 0.6 is 34.5 Å². The van der Waals surface area contributed by atoms with Gasteiger partial charge in [0.05, 0.1) is 26.0 Å². The summed E-state index contributed by atoms with van der Waals surface area (Å²) in [6.07, 6.45) is 0. The van der Waals surface area contributed by atoms with E-state index in [1.165, 1.54) is 18.2 Å². The van der Waals surface area contributed by atoms with E-state index >= 15 is 0 Å². The SMILES string of the molecule is O=C(Nc1nc2ccc(OC(F)F)cc2s1)c1cc(-c2ccc(Cl)c(Cl)c2)n[nH]1. The number of carbonyl (C=O) groups excluding carboxylic acids is 1. The van der Waals surface area contributed by atoms with E-state index in [1.807, 2.05) is 0 Å². The van der Waals surface area contributed by atoms with E-state index in [0.29, 0.717) is 36.7 Å². The van der Waals surface area contributed by atoms with E-state index in [9.17, 15) is 13.6 Å². The van der Waals surface area contributed by atoms with Gasteiger partial charge in [-0.2, -0.15) is 13.9 Å². The molecule has 0 saturated heterocycles. The van der Waals surface area contributed by atoms with E-state index in [1.54, 1.807) is 24.3 Å². The number of thiazole rings is 1. The van der Waals surface area contributed by atoms with Crippen LogP contribution in [0.2, 0.25) is 10.0 Å². The highest BCUT2D eigenvalue weighted by molar-refractivity contribution is 7.22. The molecule has 29 heavy (non-hydrogen) atoms. The summed E-state index contributed by atoms with van der Waals surface area (Å²) in [5.41, 5.74) is 1.98. The Hall–Kier alpha value is -2.75. The number of hydrogen-bond acceptors (Lipinski definition) is 5. The summed E-state index contributed by atoms with van der Waals surface area (Å²) < 4.78 is 29.6. The number of fused-ring (bicyclic) bond motifs is 1. The number of nitrogens with one attached hydrogen (secondary N) is 2. The molecule has 0 saturated carbocycles. The zero-order valence-electron chi connectivity index (χ0n) is 14.2. The molecule has 0 spiro atoms. The van der Waals surface area contributed by atoms with Gasteiger partial charge in [-0.05, 0) is 36.4 Å². The summed E-state index contributed by atoms with van der Waals surface area (Å²) in [4.78, 5) is 16.7. The molecule has 0 aliphatic rings. The van der Waals surface area contributed by atoms with Crippen LogP contribution in [0.5, 0.6) is 5.75 Å². The number of benzene rings is 2. The Morgan fingerprint density at radius 3 is 2.72 bits per heavy atom. The van der Waals surface area contributed by atoms with Crippen molar-refractivity contribution in [2.75, 3.05) is 5.32 Å². The van der Waals surface area contributed by atoms with Crippen LogP contribution in [-0.4, -0.2) is 27.7 Å². The summed E-state index contributed by atoms with van der Waals surface area (Å²) in [7, 11) is 0. The number of H-pyrrole nitrogens is 1. The van der Waals surface area contributed by atoms with Gasteiger partial charge in [0.1, 0.15) is 11.4 Å². The van der Waals surface area contributed by atoms with Crippen molar-refractivity contribution in [3.8, 4) is 17.0 Å². The third-order valence-electron chi connectivity index (χ3n) is 3.84. The molecule has 0 fully saturated rings. The third kappa shape index (κ3) is 4.31. The second kappa shape index (κ2) is 7.94. The third-order valence-corrected chi connectivity index (χ3v) is 5.52. The maximum absolute atomic E-state index is 12.5. The largest absolute Gasteiger partial charge is 0.435 e. The molecule has 0 aliphatic carbocycles. The van der Waals surface area contributed by atoms with Gasteiger partial charge in [-0.15, -0.1) is 0 Å². The average Bonchev–Trinajstić information content (AvgIpc) is 3.30. The van der Waals surface area contributed by atoms with E-state index in [-0.39, 0.29) is 11.4 Å².